The highest BCUT2D eigenvalue weighted by Crippen LogP contribution is 2.27. The Balaban J connectivity index is 1.32. The van der Waals surface area contributed by atoms with Gasteiger partial charge in [-0.05, 0) is 51.2 Å². The van der Waals surface area contributed by atoms with E-state index in [-0.39, 0.29) is 0 Å². The number of rotatable bonds is 4. The molecule has 2 saturated heterocycles. The van der Waals surface area contributed by atoms with Crippen LogP contribution in [0.5, 0.6) is 0 Å². The normalized spacial score (nSPS) is 23.4. The van der Waals surface area contributed by atoms with Gasteiger partial charge in [-0.25, -0.2) is 0 Å². The van der Waals surface area contributed by atoms with Gasteiger partial charge in [-0.3, -0.25) is 4.90 Å². The predicted molar refractivity (Wildman–Crippen MR) is 91.0 cm³/mol. The van der Waals surface area contributed by atoms with Crippen molar-refractivity contribution in [1.82, 2.24) is 15.4 Å². The van der Waals surface area contributed by atoms with Crippen LogP contribution in [0.1, 0.15) is 31.4 Å². The summed E-state index contributed by atoms with van der Waals surface area (Å²) < 4.78 is 5.54. The molecule has 1 atom stereocenters. The first-order valence-electron chi connectivity index (χ1n) is 8.85. The first kappa shape index (κ1) is 14.9. The molecule has 2 aromatic rings. The largest absolute Gasteiger partial charge is 0.359 e. The molecule has 0 saturated carbocycles. The Labute approximate surface area is 137 Å². The Morgan fingerprint density at radius 2 is 1.96 bits per heavy atom. The van der Waals surface area contributed by atoms with Gasteiger partial charge in [0.05, 0.1) is 6.54 Å². The van der Waals surface area contributed by atoms with Crippen molar-refractivity contribution in [3.05, 3.63) is 42.2 Å². The van der Waals surface area contributed by atoms with E-state index in [1.54, 1.807) is 0 Å². The van der Waals surface area contributed by atoms with Gasteiger partial charge in [0.1, 0.15) is 5.69 Å². The van der Waals surface area contributed by atoms with Crippen LogP contribution in [-0.4, -0.2) is 35.7 Å². The van der Waals surface area contributed by atoms with Crippen LogP contribution in [0.2, 0.25) is 0 Å². The summed E-state index contributed by atoms with van der Waals surface area (Å²) in [5.41, 5.74) is 2.05. The number of nitrogens with one attached hydrogen (secondary N) is 1. The Kier molecular flexibility index (Phi) is 4.44. The van der Waals surface area contributed by atoms with E-state index in [1.807, 2.05) is 18.2 Å². The highest BCUT2D eigenvalue weighted by atomic mass is 16.5. The van der Waals surface area contributed by atoms with E-state index in [9.17, 15) is 0 Å². The molecule has 0 aliphatic carbocycles. The summed E-state index contributed by atoms with van der Waals surface area (Å²) in [5.74, 6) is 1.84. The van der Waals surface area contributed by atoms with Gasteiger partial charge < -0.3 is 9.84 Å². The average Bonchev–Trinajstić information content (AvgIpc) is 3.28. The Bertz CT molecular complexity index is 611. The molecule has 2 aliphatic rings. The van der Waals surface area contributed by atoms with Crippen molar-refractivity contribution in [3.63, 3.8) is 0 Å². The summed E-state index contributed by atoms with van der Waals surface area (Å²) in [6.07, 6.45) is 5.33. The van der Waals surface area contributed by atoms with E-state index in [4.69, 9.17) is 4.52 Å². The number of piperidine rings is 1. The lowest BCUT2D eigenvalue weighted by atomic mass is 9.88. The molecule has 2 fully saturated rings. The molecule has 1 aromatic heterocycles. The highest BCUT2D eigenvalue weighted by molar-refractivity contribution is 5.58. The molecule has 0 bridgehead atoms. The Morgan fingerprint density at radius 3 is 2.70 bits per heavy atom. The van der Waals surface area contributed by atoms with Crippen molar-refractivity contribution >= 4 is 0 Å². The zero-order valence-corrected chi connectivity index (χ0v) is 13.6. The molecule has 0 spiro atoms. The van der Waals surface area contributed by atoms with E-state index in [1.165, 1.54) is 45.3 Å². The Hall–Kier alpha value is -1.65. The van der Waals surface area contributed by atoms with E-state index >= 15 is 0 Å². The second-order valence-corrected chi connectivity index (χ2v) is 6.86. The van der Waals surface area contributed by atoms with E-state index in [2.05, 4.69) is 33.6 Å². The first-order chi connectivity index (χ1) is 11.4. The minimum Gasteiger partial charge on any atom is -0.359 e. The van der Waals surface area contributed by atoms with Crippen LogP contribution < -0.4 is 5.32 Å². The SMILES string of the molecule is c1ccc(-c2cc(CN3CCC(C4CCCN4)CC3)on2)cc1. The smallest absolute Gasteiger partial charge is 0.151 e. The van der Waals surface area contributed by atoms with Gasteiger partial charge in [-0.1, -0.05) is 35.5 Å². The van der Waals surface area contributed by atoms with E-state index in [0.717, 1.165) is 35.5 Å². The first-order valence-corrected chi connectivity index (χ1v) is 8.85. The summed E-state index contributed by atoms with van der Waals surface area (Å²) in [5, 5.41) is 7.88. The molecule has 1 unspecified atom stereocenters. The van der Waals surface area contributed by atoms with Crippen molar-refractivity contribution in [2.24, 2.45) is 5.92 Å². The maximum Gasteiger partial charge on any atom is 0.151 e. The third-order valence-corrected chi connectivity index (χ3v) is 5.31. The molecule has 0 radical (unpaired) electrons. The van der Waals surface area contributed by atoms with Crippen LogP contribution in [0.3, 0.4) is 0 Å². The zero-order valence-electron chi connectivity index (χ0n) is 13.6. The fourth-order valence-corrected chi connectivity index (χ4v) is 3.98. The van der Waals surface area contributed by atoms with E-state index in [0.29, 0.717) is 0 Å². The van der Waals surface area contributed by atoms with E-state index < -0.39 is 0 Å². The van der Waals surface area contributed by atoms with Crippen molar-refractivity contribution in [3.8, 4) is 11.3 Å². The van der Waals surface area contributed by atoms with Crippen molar-refractivity contribution in [2.75, 3.05) is 19.6 Å². The standard InChI is InChI=1S/C19H25N3O/c1-2-5-15(6-3-1)19-13-17(23-21-19)14-22-11-8-16(9-12-22)18-7-4-10-20-18/h1-3,5-6,13,16,18,20H,4,7-12,14H2. The zero-order chi connectivity index (χ0) is 15.5. The molecule has 3 heterocycles. The number of likely N-dealkylation sites (tertiary alicyclic amines) is 1. The molecule has 122 valence electrons. The molecular formula is C19H25N3O. The molecule has 2 aliphatic heterocycles. The molecule has 1 aromatic carbocycles. The summed E-state index contributed by atoms with van der Waals surface area (Å²) in [6, 6.07) is 13.1. The minimum atomic E-state index is 0.770. The third kappa shape index (κ3) is 3.48. The fraction of sp³-hybridized carbons (Fsp3) is 0.526. The number of hydrogen-bond donors (Lipinski definition) is 1. The second-order valence-electron chi connectivity index (χ2n) is 6.86. The third-order valence-electron chi connectivity index (χ3n) is 5.31. The van der Waals surface area contributed by atoms with Crippen LogP contribution in [0.4, 0.5) is 0 Å². The van der Waals surface area contributed by atoms with Gasteiger partial charge in [0.2, 0.25) is 0 Å². The number of nitrogens with zero attached hydrogens (tertiary/aromatic N) is 2. The van der Waals surface area contributed by atoms with Crippen LogP contribution in [0, 0.1) is 5.92 Å². The quantitative estimate of drug-likeness (QED) is 0.940. The van der Waals surface area contributed by atoms with Gasteiger partial charge in [-0.2, -0.15) is 0 Å². The van der Waals surface area contributed by atoms with Crippen LogP contribution in [0.15, 0.2) is 40.9 Å². The monoisotopic (exact) mass is 311 g/mol. The summed E-state index contributed by atoms with van der Waals surface area (Å²) >= 11 is 0. The number of aromatic nitrogens is 1. The lowest BCUT2D eigenvalue weighted by Crippen LogP contribution is -2.40. The lowest BCUT2D eigenvalue weighted by Gasteiger charge is -2.34. The number of hydrogen-bond acceptors (Lipinski definition) is 4. The molecular weight excluding hydrogens is 286 g/mol. The molecule has 1 N–H and O–H groups in total. The highest BCUT2D eigenvalue weighted by Gasteiger charge is 2.28. The van der Waals surface area contributed by atoms with Gasteiger partial charge >= 0.3 is 0 Å². The molecule has 0 amide bonds. The summed E-state index contributed by atoms with van der Waals surface area (Å²) in [6.45, 7) is 4.43. The van der Waals surface area contributed by atoms with Crippen molar-refractivity contribution in [1.29, 1.82) is 0 Å². The molecule has 4 nitrogen and oxygen atoms in total. The average molecular weight is 311 g/mol. The second kappa shape index (κ2) is 6.85. The summed E-state index contributed by atoms with van der Waals surface area (Å²) in [7, 11) is 0. The van der Waals surface area contributed by atoms with Gasteiger partial charge in [0.15, 0.2) is 5.76 Å². The lowest BCUT2D eigenvalue weighted by molar-refractivity contribution is 0.145. The fourth-order valence-electron chi connectivity index (χ4n) is 3.98. The molecule has 4 heteroatoms. The molecule has 4 rings (SSSR count). The van der Waals surface area contributed by atoms with Gasteiger partial charge in [-0.15, -0.1) is 0 Å². The van der Waals surface area contributed by atoms with Crippen LogP contribution in [0.25, 0.3) is 11.3 Å². The van der Waals surface area contributed by atoms with Crippen LogP contribution in [-0.2, 0) is 6.54 Å². The Morgan fingerprint density at radius 1 is 1.13 bits per heavy atom. The van der Waals surface area contributed by atoms with Gasteiger partial charge in [0.25, 0.3) is 0 Å². The number of benzene rings is 1. The van der Waals surface area contributed by atoms with Crippen molar-refractivity contribution in [2.45, 2.75) is 38.3 Å². The maximum atomic E-state index is 5.54. The minimum absolute atomic E-state index is 0.770. The predicted octanol–water partition coefficient (Wildman–Crippen LogP) is 3.31. The van der Waals surface area contributed by atoms with Crippen molar-refractivity contribution < 1.29 is 4.52 Å². The van der Waals surface area contributed by atoms with Crippen LogP contribution >= 0.6 is 0 Å². The maximum absolute atomic E-state index is 5.54. The summed E-state index contributed by atoms with van der Waals surface area (Å²) in [4.78, 5) is 2.50. The molecule has 23 heavy (non-hydrogen) atoms. The topological polar surface area (TPSA) is 41.3 Å². The van der Waals surface area contributed by atoms with Gasteiger partial charge in [0, 0.05) is 17.7 Å².